The Hall–Kier alpha value is -3.69. The van der Waals surface area contributed by atoms with Gasteiger partial charge in [0.2, 0.25) is 10.0 Å². The van der Waals surface area contributed by atoms with Crippen molar-refractivity contribution in [3.63, 3.8) is 0 Å². The third-order valence-electron chi connectivity index (χ3n) is 4.82. The van der Waals surface area contributed by atoms with Gasteiger partial charge in [-0.05, 0) is 66.1 Å². The van der Waals surface area contributed by atoms with Gasteiger partial charge in [-0.3, -0.25) is 4.79 Å². The normalized spacial score (nSPS) is 11.6. The molecule has 0 aliphatic heterocycles. The Labute approximate surface area is 193 Å². The maximum atomic E-state index is 13.4. The minimum absolute atomic E-state index is 0.0172. The van der Waals surface area contributed by atoms with Crippen LogP contribution in [0.3, 0.4) is 0 Å². The molecule has 0 bridgehead atoms. The number of hydrogen-bond acceptors (Lipinski definition) is 6. The van der Waals surface area contributed by atoms with Crippen LogP contribution in [0, 0.1) is 6.92 Å². The minimum atomic E-state index is -3.99. The fraction of sp³-hybridized carbons (Fsp3) is 0.167. The van der Waals surface area contributed by atoms with E-state index < -0.39 is 22.5 Å². The molecule has 0 saturated carbocycles. The van der Waals surface area contributed by atoms with Crippen molar-refractivity contribution < 1.29 is 23.1 Å². The van der Waals surface area contributed by atoms with Crippen molar-refractivity contribution in [1.29, 1.82) is 0 Å². The Morgan fingerprint density at radius 3 is 2.42 bits per heavy atom. The molecule has 1 amide bonds. The maximum Gasteiger partial charge on any atom is 0.255 e. The topological polar surface area (TPSA) is 108 Å². The molecule has 0 unspecified atom stereocenters. The molecular formula is C24H25N3O5S. The standard InChI is InChI=1S/C24H25N3O5S/c1-18-14-22(12-13-23(18)32-2)33(30,31)27(16-20-6-4-3-5-7-20)17-24(29)26-25-15-19-8-10-21(28)11-9-19/h3-15,28H,16-17H2,1-2H3,(H,26,29). The number of aryl methyl sites for hydroxylation is 1. The molecule has 0 radical (unpaired) electrons. The second-order valence-corrected chi connectivity index (χ2v) is 9.21. The second kappa shape index (κ2) is 10.8. The number of benzene rings is 3. The van der Waals surface area contributed by atoms with E-state index in [1.54, 1.807) is 49.4 Å². The fourth-order valence-corrected chi connectivity index (χ4v) is 4.58. The van der Waals surface area contributed by atoms with E-state index in [2.05, 4.69) is 10.5 Å². The summed E-state index contributed by atoms with van der Waals surface area (Å²) in [5.74, 6) is 0.103. The Kier molecular flexibility index (Phi) is 7.81. The summed E-state index contributed by atoms with van der Waals surface area (Å²) in [7, 11) is -2.47. The van der Waals surface area contributed by atoms with Crippen molar-refractivity contribution in [2.24, 2.45) is 5.10 Å². The highest BCUT2D eigenvalue weighted by molar-refractivity contribution is 7.89. The van der Waals surface area contributed by atoms with E-state index in [9.17, 15) is 18.3 Å². The van der Waals surface area contributed by atoms with E-state index in [0.29, 0.717) is 16.9 Å². The number of carbonyl (C=O) groups is 1. The monoisotopic (exact) mass is 467 g/mol. The number of carbonyl (C=O) groups excluding carboxylic acids is 1. The van der Waals surface area contributed by atoms with Gasteiger partial charge in [-0.1, -0.05) is 30.3 Å². The average molecular weight is 468 g/mol. The molecule has 2 N–H and O–H groups in total. The van der Waals surface area contributed by atoms with Gasteiger partial charge < -0.3 is 9.84 Å². The van der Waals surface area contributed by atoms with E-state index in [4.69, 9.17) is 4.74 Å². The van der Waals surface area contributed by atoms with Crippen molar-refractivity contribution >= 4 is 22.1 Å². The van der Waals surface area contributed by atoms with Gasteiger partial charge >= 0.3 is 0 Å². The van der Waals surface area contributed by atoms with Crippen molar-refractivity contribution in [2.45, 2.75) is 18.4 Å². The van der Waals surface area contributed by atoms with Crippen molar-refractivity contribution in [2.75, 3.05) is 13.7 Å². The van der Waals surface area contributed by atoms with E-state index in [1.165, 1.54) is 37.6 Å². The summed E-state index contributed by atoms with van der Waals surface area (Å²) < 4.78 is 33.1. The number of methoxy groups -OCH3 is 1. The summed E-state index contributed by atoms with van der Waals surface area (Å²) in [6, 6.07) is 19.8. The van der Waals surface area contributed by atoms with Gasteiger partial charge in [-0.2, -0.15) is 9.41 Å². The zero-order valence-corrected chi connectivity index (χ0v) is 19.1. The van der Waals surface area contributed by atoms with Crippen LogP contribution in [-0.4, -0.2) is 43.6 Å². The number of amides is 1. The highest BCUT2D eigenvalue weighted by atomic mass is 32.2. The number of hydrazone groups is 1. The number of aromatic hydroxyl groups is 1. The van der Waals surface area contributed by atoms with Crippen LogP contribution in [0.2, 0.25) is 0 Å². The number of phenolic OH excluding ortho intramolecular Hbond substituents is 1. The van der Waals surface area contributed by atoms with Crippen LogP contribution in [0.5, 0.6) is 11.5 Å². The number of phenols is 1. The quantitative estimate of drug-likeness (QED) is 0.371. The lowest BCUT2D eigenvalue weighted by atomic mass is 10.2. The van der Waals surface area contributed by atoms with Gasteiger partial charge in [0.05, 0.1) is 24.8 Å². The Morgan fingerprint density at radius 1 is 1.09 bits per heavy atom. The molecule has 0 aliphatic carbocycles. The molecule has 0 fully saturated rings. The molecular weight excluding hydrogens is 442 g/mol. The fourth-order valence-electron chi connectivity index (χ4n) is 3.11. The average Bonchev–Trinajstić information content (AvgIpc) is 2.80. The van der Waals surface area contributed by atoms with Crippen LogP contribution in [0.4, 0.5) is 0 Å². The first-order valence-corrected chi connectivity index (χ1v) is 11.5. The molecule has 3 rings (SSSR count). The van der Waals surface area contributed by atoms with Gasteiger partial charge in [0, 0.05) is 6.54 Å². The van der Waals surface area contributed by atoms with E-state index in [-0.39, 0.29) is 17.2 Å². The molecule has 3 aromatic rings. The number of nitrogens with one attached hydrogen (secondary N) is 1. The van der Waals surface area contributed by atoms with Crippen molar-refractivity contribution in [3.8, 4) is 11.5 Å². The molecule has 3 aromatic carbocycles. The summed E-state index contributed by atoms with van der Waals surface area (Å²) in [5, 5.41) is 13.2. The number of sulfonamides is 1. The van der Waals surface area contributed by atoms with Gasteiger partial charge in [0.1, 0.15) is 11.5 Å². The second-order valence-electron chi connectivity index (χ2n) is 7.27. The molecule has 33 heavy (non-hydrogen) atoms. The summed E-state index contributed by atoms with van der Waals surface area (Å²) >= 11 is 0. The molecule has 172 valence electrons. The van der Waals surface area contributed by atoms with Crippen LogP contribution in [0.25, 0.3) is 0 Å². The van der Waals surface area contributed by atoms with Crippen molar-refractivity contribution in [1.82, 2.24) is 9.73 Å². The smallest absolute Gasteiger partial charge is 0.255 e. The molecule has 0 atom stereocenters. The summed E-state index contributed by atoms with van der Waals surface area (Å²) in [5.41, 5.74) is 4.43. The molecule has 9 heteroatoms. The largest absolute Gasteiger partial charge is 0.508 e. The van der Waals surface area contributed by atoms with Crippen LogP contribution >= 0.6 is 0 Å². The molecule has 0 spiro atoms. The molecule has 8 nitrogen and oxygen atoms in total. The van der Waals surface area contributed by atoms with E-state index >= 15 is 0 Å². The molecule has 0 saturated heterocycles. The van der Waals surface area contributed by atoms with Gasteiger partial charge in [0.25, 0.3) is 5.91 Å². The third kappa shape index (κ3) is 6.41. The highest BCUT2D eigenvalue weighted by Crippen LogP contribution is 2.24. The zero-order chi connectivity index (χ0) is 23.8. The molecule has 0 heterocycles. The van der Waals surface area contributed by atoms with Crippen LogP contribution in [-0.2, 0) is 21.4 Å². The number of ether oxygens (including phenoxy) is 1. The maximum absolute atomic E-state index is 13.4. The molecule has 0 aliphatic rings. The van der Waals surface area contributed by atoms with Crippen LogP contribution in [0.1, 0.15) is 16.7 Å². The first-order chi connectivity index (χ1) is 15.8. The lowest BCUT2D eigenvalue weighted by Crippen LogP contribution is -2.39. The number of nitrogens with zero attached hydrogens (tertiary/aromatic N) is 2. The SMILES string of the molecule is COc1ccc(S(=O)(=O)N(CC(=O)NN=Cc2ccc(O)cc2)Cc2ccccc2)cc1C. The molecule has 0 aromatic heterocycles. The lowest BCUT2D eigenvalue weighted by molar-refractivity contribution is -0.121. The van der Waals surface area contributed by atoms with E-state index in [0.717, 1.165) is 9.87 Å². The Balaban J connectivity index is 1.80. The van der Waals surface area contributed by atoms with Gasteiger partial charge in [0.15, 0.2) is 0 Å². The Bertz CT molecular complexity index is 1230. The van der Waals surface area contributed by atoms with Gasteiger partial charge in [-0.15, -0.1) is 0 Å². The summed E-state index contributed by atoms with van der Waals surface area (Å²) in [4.78, 5) is 12.6. The van der Waals surface area contributed by atoms with Gasteiger partial charge in [-0.25, -0.2) is 13.8 Å². The first-order valence-electron chi connectivity index (χ1n) is 10.1. The minimum Gasteiger partial charge on any atom is -0.508 e. The van der Waals surface area contributed by atoms with Crippen molar-refractivity contribution in [3.05, 3.63) is 89.5 Å². The summed E-state index contributed by atoms with van der Waals surface area (Å²) in [6.07, 6.45) is 1.40. The first kappa shape index (κ1) is 24.0. The summed E-state index contributed by atoms with van der Waals surface area (Å²) in [6.45, 7) is 1.35. The third-order valence-corrected chi connectivity index (χ3v) is 6.61. The highest BCUT2D eigenvalue weighted by Gasteiger charge is 2.27. The van der Waals surface area contributed by atoms with E-state index in [1.807, 2.05) is 6.07 Å². The lowest BCUT2D eigenvalue weighted by Gasteiger charge is -2.22. The number of hydrogen-bond donors (Lipinski definition) is 2. The van der Waals surface area contributed by atoms with Crippen LogP contribution < -0.4 is 10.2 Å². The predicted octanol–water partition coefficient (Wildman–Crippen LogP) is 3.05. The Morgan fingerprint density at radius 2 is 1.79 bits per heavy atom. The predicted molar refractivity (Wildman–Crippen MR) is 126 cm³/mol. The zero-order valence-electron chi connectivity index (χ0n) is 18.3. The number of rotatable bonds is 9. The van der Waals surface area contributed by atoms with Crippen LogP contribution in [0.15, 0.2) is 82.8 Å².